The van der Waals surface area contributed by atoms with Crippen LogP contribution in [0.25, 0.3) is 0 Å². The second kappa shape index (κ2) is 5.44. The van der Waals surface area contributed by atoms with Crippen molar-refractivity contribution in [1.29, 1.82) is 5.26 Å². The molecule has 0 fully saturated rings. The van der Waals surface area contributed by atoms with Crippen LogP contribution < -0.4 is 9.47 Å². The molecule has 0 saturated carbocycles. The van der Waals surface area contributed by atoms with Gasteiger partial charge in [0.05, 0.1) is 13.2 Å². The first-order valence-electron chi connectivity index (χ1n) is 6.94. The summed E-state index contributed by atoms with van der Waals surface area (Å²) in [6, 6.07) is 5.96. The summed E-state index contributed by atoms with van der Waals surface area (Å²) in [4.78, 5) is 3.91. The molecule has 2 heterocycles. The minimum Gasteiger partial charge on any atom is -0.494 e. The third kappa shape index (κ3) is 2.68. The lowest BCUT2D eigenvalue weighted by molar-refractivity contribution is 0.254. The van der Waals surface area contributed by atoms with Crippen LogP contribution in [0, 0.1) is 11.3 Å². The van der Waals surface area contributed by atoms with Gasteiger partial charge in [-0.3, -0.25) is 0 Å². The summed E-state index contributed by atoms with van der Waals surface area (Å²) in [6.07, 6.45) is 2.64. The molecular weight excluding hydrogens is 268 g/mol. The molecule has 21 heavy (non-hydrogen) atoms. The van der Waals surface area contributed by atoms with Crippen molar-refractivity contribution in [3.8, 4) is 17.6 Å². The number of hydrogen-bond acceptors (Lipinski definition) is 5. The highest BCUT2D eigenvalue weighted by Crippen LogP contribution is 2.35. The second-order valence-electron chi connectivity index (χ2n) is 5.01. The number of ether oxygens (including phenoxy) is 2. The fourth-order valence-electron chi connectivity index (χ4n) is 2.49. The summed E-state index contributed by atoms with van der Waals surface area (Å²) in [5.74, 6) is 1.91. The van der Waals surface area contributed by atoms with E-state index in [4.69, 9.17) is 14.7 Å². The number of aromatic nitrogens is 3. The lowest BCUT2D eigenvalue weighted by atomic mass is 10.1. The standard InChI is InChI=1S/C15H16N4O2/c1-3-20-13-5-11-4-10(2)21-14(11)6-12(13)8-19-9-17-15(7-16)18-19/h5-6,9-10H,3-4,8H2,1-2H3/t10-/m0/s1. The van der Waals surface area contributed by atoms with E-state index in [9.17, 15) is 0 Å². The van der Waals surface area contributed by atoms with Crippen LogP contribution >= 0.6 is 0 Å². The van der Waals surface area contributed by atoms with E-state index in [2.05, 4.69) is 17.0 Å². The first-order chi connectivity index (χ1) is 10.2. The molecule has 1 aromatic carbocycles. The highest BCUT2D eigenvalue weighted by molar-refractivity contribution is 5.48. The maximum Gasteiger partial charge on any atom is 0.252 e. The Morgan fingerprint density at radius 2 is 2.38 bits per heavy atom. The highest BCUT2D eigenvalue weighted by atomic mass is 16.5. The zero-order chi connectivity index (χ0) is 14.8. The van der Waals surface area contributed by atoms with E-state index >= 15 is 0 Å². The Bertz CT molecular complexity index is 702. The van der Waals surface area contributed by atoms with Gasteiger partial charge in [0.1, 0.15) is 30.0 Å². The molecule has 0 saturated heterocycles. The van der Waals surface area contributed by atoms with Crippen molar-refractivity contribution in [2.24, 2.45) is 0 Å². The first kappa shape index (κ1) is 13.4. The molecule has 6 nitrogen and oxygen atoms in total. The molecule has 6 heteroatoms. The van der Waals surface area contributed by atoms with E-state index in [1.807, 2.05) is 25.1 Å². The Labute approximate surface area is 122 Å². The van der Waals surface area contributed by atoms with Crippen LogP contribution in [-0.2, 0) is 13.0 Å². The maximum atomic E-state index is 8.78. The second-order valence-corrected chi connectivity index (χ2v) is 5.01. The third-order valence-corrected chi connectivity index (χ3v) is 3.35. The molecule has 1 aliphatic rings. The van der Waals surface area contributed by atoms with Gasteiger partial charge in [0.25, 0.3) is 5.82 Å². The Kier molecular flexibility index (Phi) is 3.48. The summed E-state index contributed by atoms with van der Waals surface area (Å²) >= 11 is 0. The highest BCUT2D eigenvalue weighted by Gasteiger charge is 2.22. The monoisotopic (exact) mass is 284 g/mol. The number of nitrogens with zero attached hydrogens (tertiary/aromatic N) is 4. The zero-order valence-corrected chi connectivity index (χ0v) is 12.0. The summed E-state index contributed by atoms with van der Waals surface area (Å²) in [5.41, 5.74) is 2.14. The molecule has 0 bridgehead atoms. The fraction of sp³-hybridized carbons (Fsp3) is 0.400. The van der Waals surface area contributed by atoms with Gasteiger partial charge in [-0.2, -0.15) is 5.26 Å². The Balaban J connectivity index is 1.93. The molecule has 3 rings (SSSR count). The molecule has 0 amide bonds. The number of hydrogen-bond donors (Lipinski definition) is 0. The Morgan fingerprint density at radius 1 is 1.52 bits per heavy atom. The molecule has 0 N–H and O–H groups in total. The van der Waals surface area contributed by atoms with E-state index in [0.29, 0.717) is 13.2 Å². The largest absolute Gasteiger partial charge is 0.494 e. The van der Waals surface area contributed by atoms with E-state index in [1.165, 1.54) is 5.56 Å². The molecule has 2 aromatic rings. The molecule has 1 aliphatic heterocycles. The summed E-state index contributed by atoms with van der Waals surface area (Å²) in [6.45, 7) is 5.11. The molecule has 1 aromatic heterocycles. The van der Waals surface area contributed by atoms with Crippen LogP contribution in [0.3, 0.4) is 0 Å². The van der Waals surface area contributed by atoms with Gasteiger partial charge in [0, 0.05) is 17.5 Å². The molecular formula is C15H16N4O2. The number of rotatable bonds is 4. The molecule has 0 spiro atoms. The SMILES string of the molecule is CCOc1cc2c(cc1Cn1cnc(C#N)n1)O[C@@H](C)C2. The van der Waals surface area contributed by atoms with Crippen molar-refractivity contribution < 1.29 is 9.47 Å². The molecule has 0 radical (unpaired) electrons. The van der Waals surface area contributed by atoms with Crippen molar-refractivity contribution >= 4 is 0 Å². The van der Waals surface area contributed by atoms with E-state index in [1.54, 1.807) is 11.0 Å². The van der Waals surface area contributed by atoms with Crippen LogP contribution in [0.4, 0.5) is 0 Å². The Morgan fingerprint density at radius 3 is 3.10 bits per heavy atom. The maximum absolute atomic E-state index is 8.78. The average molecular weight is 284 g/mol. The van der Waals surface area contributed by atoms with Crippen molar-refractivity contribution in [2.75, 3.05) is 6.61 Å². The lowest BCUT2D eigenvalue weighted by Gasteiger charge is -2.12. The van der Waals surface area contributed by atoms with Gasteiger partial charge in [0.15, 0.2) is 0 Å². The number of benzene rings is 1. The van der Waals surface area contributed by atoms with Crippen LogP contribution in [0.2, 0.25) is 0 Å². The smallest absolute Gasteiger partial charge is 0.252 e. The molecule has 108 valence electrons. The van der Waals surface area contributed by atoms with Gasteiger partial charge in [-0.05, 0) is 26.0 Å². The van der Waals surface area contributed by atoms with Crippen molar-refractivity contribution in [3.63, 3.8) is 0 Å². The van der Waals surface area contributed by atoms with Crippen LogP contribution in [0.5, 0.6) is 11.5 Å². The van der Waals surface area contributed by atoms with E-state index in [0.717, 1.165) is 23.5 Å². The van der Waals surface area contributed by atoms with E-state index in [-0.39, 0.29) is 11.9 Å². The summed E-state index contributed by atoms with van der Waals surface area (Å²) < 4.78 is 13.1. The fourth-order valence-corrected chi connectivity index (χ4v) is 2.49. The van der Waals surface area contributed by atoms with Crippen molar-refractivity contribution in [3.05, 3.63) is 35.4 Å². The predicted molar refractivity (Wildman–Crippen MR) is 75.2 cm³/mol. The van der Waals surface area contributed by atoms with Gasteiger partial charge in [-0.25, -0.2) is 9.67 Å². The van der Waals surface area contributed by atoms with Gasteiger partial charge in [-0.1, -0.05) is 0 Å². The number of nitriles is 1. The van der Waals surface area contributed by atoms with E-state index < -0.39 is 0 Å². The van der Waals surface area contributed by atoms with Crippen LogP contribution in [0.15, 0.2) is 18.5 Å². The minimum atomic E-state index is 0.166. The van der Waals surface area contributed by atoms with Crippen LogP contribution in [-0.4, -0.2) is 27.5 Å². The van der Waals surface area contributed by atoms with Gasteiger partial charge < -0.3 is 9.47 Å². The lowest BCUT2D eigenvalue weighted by Crippen LogP contribution is -2.05. The quantitative estimate of drug-likeness (QED) is 0.857. The zero-order valence-electron chi connectivity index (χ0n) is 12.0. The third-order valence-electron chi connectivity index (χ3n) is 3.35. The first-order valence-corrected chi connectivity index (χ1v) is 6.94. The Hall–Kier alpha value is -2.55. The van der Waals surface area contributed by atoms with Crippen LogP contribution in [0.1, 0.15) is 30.8 Å². The summed E-state index contributed by atoms with van der Waals surface area (Å²) in [5, 5.41) is 12.9. The molecule has 1 atom stereocenters. The topological polar surface area (TPSA) is 73.0 Å². The van der Waals surface area contributed by atoms with Gasteiger partial charge in [-0.15, -0.1) is 5.10 Å². The molecule has 0 aliphatic carbocycles. The average Bonchev–Trinajstić information content (AvgIpc) is 3.04. The van der Waals surface area contributed by atoms with Crippen molar-refractivity contribution in [2.45, 2.75) is 32.9 Å². The van der Waals surface area contributed by atoms with Gasteiger partial charge >= 0.3 is 0 Å². The van der Waals surface area contributed by atoms with Gasteiger partial charge in [0.2, 0.25) is 0 Å². The predicted octanol–water partition coefficient (Wildman–Crippen LogP) is 1.92. The van der Waals surface area contributed by atoms with Crippen molar-refractivity contribution in [1.82, 2.24) is 14.8 Å². The normalized spacial score (nSPS) is 16.1. The molecule has 0 unspecified atom stereocenters. The number of fused-ring (bicyclic) bond motifs is 1. The summed E-state index contributed by atoms with van der Waals surface area (Å²) in [7, 11) is 0. The minimum absolute atomic E-state index is 0.166.